The third-order valence-electron chi connectivity index (χ3n) is 4.49. The van der Waals surface area contributed by atoms with Gasteiger partial charge in [-0.3, -0.25) is 10.1 Å². The van der Waals surface area contributed by atoms with Gasteiger partial charge in [-0.05, 0) is 44.2 Å². The number of aliphatic imine (C=N–C) groups is 1. The van der Waals surface area contributed by atoms with E-state index < -0.39 is 0 Å². The third kappa shape index (κ3) is 5.31. The molecule has 3 N–H and O–H groups in total. The van der Waals surface area contributed by atoms with Crippen LogP contribution < -0.4 is 20.1 Å². The zero-order chi connectivity index (χ0) is 21.3. The number of furan rings is 1. The second-order valence-electron chi connectivity index (χ2n) is 6.57. The summed E-state index contributed by atoms with van der Waals surface area (Å²) in [5.74, 6) is 4.21. The first-order valence-electron chi connectivity index (χ1n) is 9.86. The Morgan fingerprint density at radius 3 is 2.83 bits per heavy atom. The summed E-state index contributed by atoms with van der Waals surface area (Å²) in [4.78, 5) is 9.10. The van der Waals surface area contributed by atoms with Crippen molar-refractivity contribution < 1.29 is 13.9 Å². The van der Waals surface area contributed by atoms with E-state index in [0.29, 0.717) is 30.5 Å². The Hall–Kier alpha value is -3.49. The average molecular weight is 412 g/mol. The van der Waals surface area contributed by atoms with Gasteiger partial charge in [-0.1, -0.05) is 0 Å². The molecular formula is C21H28N6O3. The lowest BCUT2D eigenvalue weighted by Gasteiger charge is -2.20. The molecule has 0 amide bonds. The molecule has 30 heavy (non-hydrogen) atoms. The van der Waals surface area contributed by atoms with E-state index in [1.807, 2.05) is 37.3 Å². The fourth-order valence-corrected chi connectivity index (χ4v) is 2.98. The van der Waals surface area contributed by atoms with Gasteiger partial charge >= 0.3 is 0 Å². The molecule has 3 rings (SSSR count). The largest absolute Gasteiger partial charge is 0.497 e. The molecule has 9 nitrogen and oxygen atoms in total. The molecule has 2 aromatic heterocycles. The van der Waals surface area contributed by atoms with Gasteiger partial charge in [0.1, 0.15) is 17.3 Å². The van der Waals surface area contributed by atoms with E-state index >= 15 is 0 Å². The minimum Gasteiger partial charge on any atom is -0.497 e. The second kappa shape index (κ2) is 10.3. The maximum absolute atomic E-state index is 5.50. The Morgan fingerprint density at radius 1 is 1.27 bits per heavy atom. The third-order valence-corrected chi connectivity index (χ3v) is 4.49. The summed E-state index contributed by atoms with van der Waals surface area (Å²) in [5.41, 5.74) is 0.987. The van der Waals surface area contributed by atoms with Gasteiger partial charge in [-0.2, -0.15) is 5.10 Å². The first kappa shape index (κ1) is 21.2. The SMILES string of the molecule is CCNC(=NCCc1nc(-c2ccco2)n[nH]1)NC(C)c1cc(OC)ccc1OC. The van der Waals surface area contributed by atoms with Crippen molar-refractivity contribution >= 4 is 5.96 Å². The highest BCUT2D eigenvalue weighted by Crippen LogP contribution is 2.29. The Bertz CT molecular complexity index is 952. The topological polar surface area (TPSA) is 110 Å². The lowest BCUT2D eigenvalue weighted by Crippen LogP contribution is -2.39. The number of nitrogens with one attached hydrogen (secondary N) is 3. The Kier molecular flexibility index (Phi) is 7.31. The predicted octanol–water partition coefficient (Wildman–Crippen LogP) is 2.94. The van der Waals surface area contributed by atoms with Crippen molar-refractivity contribution in [3.8, 4) is 23.1 Å². The van der Waals surface area contributed by atoms with Gasteiger partial charge in [0.2, 0.25) is 5.82 Å². The van der Waals surface area contributed by atoms with E-state index in [-0.39, 0.29) is 6.04 Å². The maximum Gasteiger partial charge on any atom is 0.216 e. The molecule has 0 aliphatic rings. The normalized spacial score (nSPS) is 12.5. The van der Waals surface area contributed by atoms with Gasteiger partial charge in [0.15, 0.2) is 11.7 Å². The van der Waals surface area contributed by atoms with Crippen molar-refractivity contribution in [1.29, 1.82) is 0 Å². The Labute approximate surface area is 175 Å². The molecule has 2 heterocycles. The fourth-order valence-electron chi connectivity index (χ4n) is 2.98. The van der Waals surface area contributed by atoms with Crippen molar-refractivity contribution in [3.63, 3.8) is 0 Å². The van der Waals surface area contributed by atoms with Gasteiger partial charge in [-0.25, -0.2) is 4.98 Å². The van der Waals surface area contributed by atoms with E-state index in [1.54, 1.807) is 20.5 Å². The van der Waals surface area contributed by atoms with Crippen LogP contribution in [0.25, 0.3) is 11.6 Å². The summed E-state index contributed by atoms with van der Waals surface area (Å²) in [6.07, 6.45) is 2.23. The molecule has 1 aromatic carbocycles. The summed E-state index contributed by atoms with van der Waals surface area (Å²) in [6.45, 7) is 5.37. The monoisotopic (exact) mass is 412 g/mol. The van der Waals surface area contributed by atoms with Crippen LogP contribution in [0.5, 0.6) is 11.5 Å². The molecule has 0 saturated heterocycles. The number of methoxy groups -OCH3 is 2. The summed E-state index contributed by atoms with van der Waals surface area (Å²) >= 11 is 0. The molecule has 0 aliphatic carbocycles. The van der Waals surface area contributed by atoms with Crippen LogP contribution in [-0.2, 0) is 6.42 Å². The first-order valence-corrected chi connectivity index (χ1v) is 9.86. The second-order valence-corrected chi connectivity index (χ2v) is 6.57. The summed E-state index contributed by atoms with van der Waals surface area (Å²) in [6, 6.07) is 9.34. The van der Waals surface area contributed by atoms with Crippen LogP contribution in [0, 0.1) is 0 Å². The molecule has 0 fully saturated rings. The van der Waals surface area contributed by atoms with Crippen molar-refractivity contribution in [2.75, 3.05) is 27.3 Å². The molecule has 1 atom stereocenters. The van der Waals surface area contributed by atoms with E-state index in [1.165, 1.54) is 0 Å². The van der Waals surface area contributed by atoms with Gasteiger partial charge in [0.25, 0.3) is 0 Å². The molecule has 0 aliphatic heterocycles. The zero-order valence-corrected chi connectivity index (χ0v) is 17.7. The number of rotatable bonds is 9. The average Bonchev–Trinajstić information content (AvgIpc) is 3.45. The fraction of sp³-hybridized carbons (Fsp3) is 0.381. The number of ether oxygens (including phenoxy) is 2. The lowest BCUT2D eigenvalue weighted by atomic mass is 10.1. The van der Waals surface area contributed by atoms with Crippen LogP contribution in [0.3, 0.4) is 0 Å². The van der Waals surface area contributed by atoms with Crippen LogP contribution in [-0.4, -0.2) is 48.5 Å². The number of aromatic amines is 1. The summed E-state index contributed by atoms with van der Waals surface area (Å²) in [7, 11) is 3.31. The lowest BCUT2D eigenvalue weighted by molar-refractivity contribution is 0.394. The van der Waals surface area contributed by atoms with Gasteiger partial charge in [0, 0.05) is 25.1 Å². The highest BCUT2D eigenvalue weighted by atomic mass is 16.5. The molecule has 9 heteroatoms. The van der Waals surface area contributed by atoms with Crippen molar-refractivity contribution in [2.24, 2.45) is 4.99 Å². The predicted molar refractivity (Wildman–Crippen MR) is 115 cm³/mol. The zero-order valence-electron chi connectivity index (χ0n) is 17.7. The molecule has 0 bridgehead atoms. The molecular weight excluding hydrogens is 384 g/mol. The number of hydrogen-bond donors (Lipinski definition) is 3. The number of H-pyrrole nitrogens is 1. The maximum atomic E-state index is 5.50. The van der Waals surface area contributed by atoms with Gasteiger partial charge in [0.05, 0.1) is 26.5 Å². The van der Waals surface area contributed by atoms with Crippen molar-refractivity contribution in [3.05, 3.63) is 48.0 Å². The Morgan fingerprint density at radius 2 is 2.13 bits per heavy atom. The minimum absolute atomic E-state index is 0.0383. The van der Waals surface area contributed by atoms with E-state index in [0.717, 1.165) is 29.4 Å². The number of aromatic nitrogens is 3. The van der Waals surface area contributed by atoms with Gasteiger partial charge in [-0.15, -0.1) is 0 Å². The van der Waals surface area contributed by atoms with E-state index in [2.05, 4.69) is 37.7 Å². The molecule has 0 saturated carbocycles. The van der Waals surface area contributed by atoms with E-state index in [9.17, 15) is 0 Å². The minimum atomic E-state index is -0.0383. The number of nitrogens with zero attached hydrogens (tertiary/aromatic N) is 3. The van der Waals surface area contributed by atoms with Crippen LogP contribution in [0.1, 0.15) is 31.3 Å². The van der Waals surface area contributed by atoms with Crippen LogP contribution in [0.2, 0.25) is 0 Å². The van der Waals surface area contributed by atoms with Crippen LogP contribution in [0.4, 0.5) is 0 Å². The highest BCUT2D eigenvalue weighted by Gasteiger charge is 2.14. The summed E-state index contributed by atoms with van der Waals surface area (Å²) in [5, 5.41) is 13.8. The smallest absolute Gasteiger partial charge is 0.216 e. The molecule has 160 valence electrons. The van der Waals surface area contributed by atoms with Crippen LogP contribution >= 0.6 is 0 Å². The number of benzene rings is 1. The molecule has 3 aromatic rings. The standard InChI is InChI=1S/C21H28N6O3/c1-5-22-21(24-14(2)16-13-15(28-3)8-9-17(16)29-4)23-11-10-19-25-20(27-26-19)18-7-6-12-30-18/h6-9,12-14H,5,10-11H2,1-4H3,(H2,22,23,24)(H,25,26,27). The van der Waals surface area contributed by atoms with Crippen LogP contribution in [0.15, 0.2) is 46.0 Å². The van der Waals surface area contributed by atoms with Gasteiger partial charge < -0.3 is 24.5 Å². The number of guanidine groups is 1. The number of hydrogen-bond acceptors (Lipinski definition) is 6. The first-order chi connectivity index (χ1) is 14.6. The van der Waals surface area contributed by atoms with Crippen molar-refractivity contribution in [2.45, 2.75) is 26.3 Å². The quantitative estimate of drug-likeness (QED) is 0.366. The Balaban J connectivity index is 1.64. The highest BCUT2D eigenvalue weighted by molar-refractivity contribution is 5.80. The molecule has 0 radical (unpaired) electrons. The van der Waals surface area contributed by atoms with Crippen molar-refractivity contribution in [1.82, 2.24) is 25.8 Å². The molecule has 0 spiro atoms. The molecule has 1 unspecified atom stereocenters. The van der Waals surface area contributed by atoms with E-state index in [4.69, 9.17) is 13.9 Å². The summed E-state index contributed by atoms with van der Waals surface area (Å²) < 4.78 is 16.2.